The monoisotopic (exact) mass is 685 g/mol. The Bertz CT molecular complexity index is 1580. The highest BCUT2D eigenvalue weighted by Crippen LogP contribution is 2.55. The van der Waals surface area contributed by atoms with Crippen molar-refractivity contribution in [1.29, 1.82) is 0 Å². The van der Waals surface area contributed by atoms with Gasteiger partial charge in [-0.3, -0.25) is 19.2 Å². The van der Waals surface area contributed by atoms with Crippen LogP contribution in [0.2, 0.25) is 0 Å². The summed E-state index contributed by atoms with van der Waals surface area (Å²) >= 11 is 0. The molecule has 2 saturated heterocycles. The second-order valence-electron chi connectivity index (χ2n) is 13.5. The number of cyclic esters (lactones) is 1. The van der Waals surface area contributed by atoms with E-state index in [0.717, 1.165) is 19.3 Å². The molecule has 11 heteroatoms. The second kappa shape index (κ2) is 15.7. The number of carbonyl (C=O) groups is 4. The zero-order valence-corrected chi connectivity index (χ0v) is 28.7. The fraction of sp³-hybridized carbons (Fsp3) is 0.487. The molecule has 6 rings (SSSR count). The maximum atomic E-state index is 15.0. The molecule has 2 aromatic rings. The summed E-state index contributed by atoms with van der Waals surface area (Å²) in [6.45, 7) is 2.56. The summed E-state index contributed by atoms with van der Waals surface area (Å²) < 4.78 is 18.7. The van der Waals surface area contributed by atoms with Crippen molar-refractivity contribution in [3.63, 3.8) is 0 Å². The Balaban J connectivity index is 1.47. The predicted octanol–water partition coefficient (Wildman–Crippen LogP) is 3.66. The number of aliphatic hydroxyl groups is 1. The first-order valence-electron chi connectivity index (χ1n) is 17.7. The van der Waals surface area contributed by atoms with Crippen LogP contribution in [-0.2, 0) is 33.4 Å². The number of aliphatic hydroxyl groups excluding tert-OH is 1. The zero-order chi connectivity index (χ0) is 35.3. The fourth-order valence-electron chi connectivity index (χ4n) is 8.00. The summed E-state index contributed by atoms with van der Waals surface area (Å²) in [6.07, 6.45) is 8.55. The summed E-state index contributed by atoms with van der Waals surface area (Å²) in [6, 6.07) is 15.5. The number of ether oxygens (including phenoxy) is 3. The van der Waals surface area contributed by atoms with Crippen LogP contribution in [0.3, 0.4) is 0 Å². The van der Waals surface area contributed by atoms with Gasteiger partial charge in [-0.1, -0.05) is 105 Å². The van der Waals surface area contributed by atoms with E-state index in [4.69, 9.17) is 14.2 Å². The number of likely N-dealkylation sites (tertiary alicyclic amines) is 1. The van der Waals surface area contributed by atoms with E-state index in [1.165, 1.54) is 12.0 Å². The van der Waals surface area contributed by atoms with Crippen LogP contribution < -0.4 is 5.32 Å². The van der Waals surface area contributed by atoms with Crippen molar-refractivity contribution >= 4 is 23.7 Å². The third-order valence-electron chi connectivity index (χ3n) is 10.3. The number of carbonyl (C=O) groups excluding carboxylic acids is 4. The predicted molar refractivity (Wildman–Crippen MR) is 184 cm³/mol. The molecule has 0 unspecified atom stereocenters. The first kappa shape index (κ1) is 35.5. The molecule has 50 heavy (non-hydrogen) atoms. The highest BCUT2D eigenvalue weighted by molar-refractivity contribution is 5.99. The van der Waals surface area contributed by atoms with Gasteiger partial charge in [0.25, 0.3) is 0 Å². The molecule has 0 aliphatic carbocycles. The molecule has 266 valence electrons. The normalized spacial score (nSPS) is 31.0. The highest BCUT2D eigenvalue weighted by Gasteiger charge is 2.72. The molecule has 0 radical (unpaired) electrons. The number of fused-ring (bicyclic) bond motifs is 2. The maximum absolute atomic E-state index is 15.0. The number of methoxy groups -OCH3 is 1. The molecule has 2 fully saturated rings. The van der Waals surface area contributed by atoms with Gasteiger partial charge in [0.15, 0.2) is 0 Å². The van der Waals surface area contributed by atoms with Gasteiger partial charge in [-0.2, -0.15) is 0 Å². The molecule has 1 spiro atoms. The van der Waals surface area contributed by atoms with Crippen molar-refractivity contribution in [3.8, 4) is 0 Å². The average molecular weight is 686 g/mol. The van der Waals surface area contributed by atoms with Gasteiger partial charge in [0.1, 0.15) is 23.7 Å². The summed E-state index contributed by atoms with van der Waals surface area (Å²) in [5, 5.41) is 13.8. The smallest absolute Gasteiger partial charge is 0.313 e. The number of nitrogens with zero attached hydrogens (tertiary/aromatic N) is 2. The Hall–Kier alpha value is -4.32. The molecular weight excluding hydrogens is 638 g/mol. The van der Waals surface area contributed by atoms with Crippen molar-refractivity contribution < 1.29 is 38.5 Å². The Morgan fingerprint density at radius 2 is 1.74 bits per heavy atom. The Morgan fingerprint density at radius 1 is 1.00 bits per heavy atom. The first-order chi connectivity index (χ1) is 24.3. The van der Waals surface area contributed by atoms with Crippen molar-refractivity contribution in [2.24, 2.45) is 11.8 Å². The SMILES string of the molecule is CCCCCN1CC=C[C@@]23O[C@H]4/C=C\CCC(=O)N[C@@H](COC)[C@H](c5ccccc5)OC(=O)[C@H]4[C@@H]2C(=O)N([C@H](CO)c2ccccc2)[C@H]3C1=O. The highest BCUT2D eigenvalue weighted by atomic mass is 16.6. The first-order valence-corrected chi connectivity index (χ1v) is 17.7. The molecule has 2 N–H and O–H groups in total. The number of rotatable bonds is 10. The van der Waals surface area contributed by atoms with Crippen LogP contribution >= 0.6 is 0 Å². The summed E-state index contributed by atoms with van der Waals surface area (Å²) in [4.78, 5) is 60.6. The topological polar surface area (TPSA) is 135 Å². The molecule has 0 bridgehead atoms. The van der Waals surface area contributed by atoms with Crippen LogP contribution in [-0.4, -0.2) is 95.8 Å². The number of benzene rings is 2. The van der Waals surface area contributed by atoms with E-state index in [0.29, 0.717) is 30.6 Å². The van der Waals surface area contributed by atoms with Crippen molar-refractivity contribution in [2.75, 3.05) is 33.4 Å². The summed E-state index contributed by atoms with van der Waals surface area (Å²) in [7, 11) is 1.51. The quantitative estimate of drug-likeness (QED) is 0.220. The molecule has 4 aliphatic rings. The molecular formula is C39H47N3O8. The lowest BCUT2D eigenvalue weighted by Crippen LogP contribution is -2.56. The lowest BCUT2D eigenvalue weighted by molar-refractivity contribution is -0.163. The molecule has 3 amide bonds. The van der Waals surface area contributed by atoms with Crippen molar-refractivity contribution in [3.05, 3.63) is 96.1 Å². The second-order valence-corrected chi connectivity index (χ2v) is 13.5. The fourth-order valence-corrected chi connectivity index (χ4v) is 8.00. The minimum absolute atomic E-state index is 0.0710. The van der Waals surface area contributed by atoms with Crippen LogP contribution in [0.4, 0.5) is 0 Å². The van der Waals surface area contributed by atoms with Crippen LogP contribution in [0.15, 0.2) is 85.0 Å². The number of amides is 3. The molecule has 2 aromatic carbocycles. The van der Waals surface area contributed by atoms with E-state index in [1.54, 1.807) is 23.1 Å². The van der Waals surface area contributed by atoms with Gasteiger partial charge < -0.3 is 34.4 Å². The van der Waals surface area contributed by atoms with Gasteiger partial charge in [0.05, 0.1) is 37.3 Å². The summed E-state index contributed by atoms with van der Waals surface area (Å²) in [5.41, 5.74) is -0.205. The molecule has 4 aliphatic heterocycles. The number of allylic oxidation sites excluding steroid dienone is 1. The van der Waals surface area contributed by atoms with Crippen LogP contribution in [0, 0.1) is 11.8 Å². The minimum atomic E-state index is -1.52. The molecule has 0 saturated carbocycles. The maximum Gasteiger partial charge on any atom is 0.313 e. The van der Waals surface area contributed by atoms with Crippen LogP contribution in [0.5, 0.6) is 0 Å². The van der Waals surface area contributed by atoms with E-state index in [-0.39, 0.29) is 24.8 Å². The van der Waals surface area contributed by atoms with Gasteiger partial charge >= 0.3 is 5.97 Å². The standard InChI is InChI=1S/C39H47N3O8/c1-3-4-13-22-41-23-14-21-39-33(36(45)42(35(39)37(41)46)29(24-43)26-15-7-5-8-16-26)32-30(50-39)19-11-12-20-31(44)40-28(25-48-2)34(49-38(32)47)27-17-9-6-10-18-27/h5-11,14-19,21,28-30,32-35,43H,3-4,12-13,20,22-25H2,1-2H3,(H,40,44)/b19-11-/t28-,29+,30-,32+,33+,34-,35-,39+/m0/s1. The van der Waals surface area contributed by atoms with Crippen molar-refractivity contribution in [1.82, 2.24) is 15.1 Å². The Labute approximate surface area is 293 Å². The van der Waals surface area contributed by atoms with Crippen molar-refractivity contribution in [2.45, 2.75) is 75.0 Å². The van der Waals surface area contributed by atoms with E-state index in [2.05, 4.69) is 12.2 Å². The molecule has 0 aromatic heterocycles. The molecule has 11 nitrogen and oxygen atoms in total. The number of hydrogen-bond acceptors (Lipinski definition) is 8. The van der Waals surface area contributed by atoms with Gasteiger partial charge in [-0.25, -0.2) is 0 Å². The van der Waals surface area contributed by atoms with E-state index >= 15 is 4.79 Å². The third-order valence-corrected chi connectivity index (χ3v) is 10.3. The van der Waals surface area contributed by atoms with E-state index in [1.807, 2.05) is 66.7 Å². The number of nitrogens with one attached hydrogen (secondary N) is 1. The Kier molecular flexibility index (Phi) is 11.2. The third kappa shape index (κ3) is 6.74. The largest absolute Gasteiger partial charge is 0.455 e. The van der Waals surface area contributed by atoms with Gasteiger partial charge in [0, 0.05) is 26.6 Å². The summed E-state index contributed by atoms with van der Waals surface area (Å²) in [5.74, 6) is -3.92. The van der Waals surface area contributed by atoms with Gasteiger partial charge in [0.2, 0.25) is 17.7 Å². The molecule has 8 atom stereocenters. The van der Waals surface area contributed by atoms with Crippen LogP contribution in [0.1, 0.15) is 62.3 Å². The number of hydrogen-bond donors (Lipinski definition) is 2. The van der Waals surface area contributed by atoms with Crippen LogP contribution in [0.25, 0.3) is 0 Å². The zero-order valence-electron chi connectivity index (χ0n) is 28.7. The average Bonchev–Trinajstić information content (AvgIpc) is 3.52. The minimum Gasteiger partial charge on any atom is -0.455 e. The van der Waals surface area contributed by atoms with Gasteiger partial charge in [-0.15, -0.1) is 0 Å². The lowest BCUT2D eigenvalue weighted by Gasteiger charge is -2.38. The number of unbranched alkanes of at least 4 members (excludes halogenated alkanes) is 2. The lowest BCUT2D eigenvalue weighted by atomic mass is 9.77. The number of esters is 1. The van der Waals surface area contributed by atoms with E-state index < -0.39 is 66.3 Å². The van der Waals surface area contributed by atoms with Gasteiger partial charge in [-0.05, 0) is 24.0 Å². The molecule has 4 heterocycles. The Morgan fingerprint density at radius 3 is 2.44 bits per heavy atom. The van der Waals surface area contributed by atoms with E-state index in [9.17, 15) is 19.5 Å².